The number of hydrogen-bond donors (Lipinski definition) is 1. The number of aliphatic hydroxyl groups is 1. The normalized spacial score (nSPS) is 53.4. The number of fused-ring (bicyclic) bond motifs is 5. The first kappa shape index (κ1) is 18.0. The van der Waals surface area contributed by atoms with Crippen molar-refractivity contribution in [3.63, 3.8) is 0 Å². The van der Waals surface area contributed by atoms with Gasteiger partial charge in [0.2, 0.25) is 0 Å². The molecule has 4 saturated carbocycles. The van der Waals surface area contributed by atoms with Crippen LogP contribution >= 0.6 is 0 Å². The molecule has 0 aromatic rings. The van der Waals surface area contributed by atoms with Crippen LogP contribution in [0.5, 0.6) is 0 Å². The van der Waals surface area contributed by atoms with Crippen LogP contribution in [0.3, 0.4) is 0 Å². The van der Waals surface area contributed by atoms with Gasteiger partial charge in [-0.2, -0.15) is 0 Å². The Bertz CT molecular complexity index is 542. The second-order valence-electron chi connectivity index (χ2n) is 10.6. The first-order valence-corrected chi connectivity index (χ1v) is 11.1. The molecule has 0 aliphatic heterocycles. The predicted octanol–water partition coefficient (Wildman–Crippen LogP) is 5.52. The van der Waals surface area contributed by atoms with Crippen molar-refractivity contribution in [2.24, 2.45) is 34.5 Å². The van der Waals surface area contributed by atoms with Crippen molar-refractivity contribution in [3.8, 4) is 0 Å². The van der Waals surface area contributed by atoms with Gasteiger partial charge in [0, 0.05) is 11.8 Å². The molecule has 7 atom stereocenters. The summed E-state index contributed by atoms with van der Waals surface area (Å²) in [5.41, 5.74) is -0.00485. The summed E-state index contributed by atoms with van der Waals surface area (Å²) in [6.45, 7) is 6.97. The van der Waals surface area contributed by atoms with Gasteiger partial charge in [-0.3, -0.25) is 4.79 Å². The van der Waals surface area contributed by atoms with Gasteiger partial charge in [-0.05, 0) is 99.7 Å². The van der Waals surface area contributed by atoms with Crippen LogP contribution in [0.2, 0.25) is 0 Å². The van der Waals surface area contributed by atoms with Crippen LogP contribution in [-0.2, 0) is 4.79 Å². The molecule has 0 amide bonds. The summed E-state index contributed by atoms with van der Waals surface area (Å²) in [4.78, 5) is 12.7. The van der Waals surface area contributed by atoms with Crippen LogP contribution in [0.4, 0.5) is 0 Å². The van der Waals surface area contributed by atoms with Crippen molar-refractivity contribution < 1.29 is 9.90 Å². The summed E-state index contributed by atoms with van der Waals surface area (Å²) in [5.74, 6) is 3.56. The lowest BCUT2D eigenvalue weighted by Gasteiger charge is -2.59. The monoisotopic (exact) mass is 346 g/mol. The maximum atomic E-state index is 12.7. The van der Waals surface area contributed by atoms with Crippen LogP contribution in [0.1, 0.15) is 97.8 Å². The summed E-state index contributed by atoms with van der Waals surface area (Å²) in [6.07, 6.45) is 13.6. The number of hydrogen-bond acceptors (Lipinski definition) is 2. The summed E-state index contributed by atoms with van der Waals surface area (Å²) >= 11 is 0. The number of Topliss-reactive ketones (excluding diaryl/α,β-unsaturated/α-hetero) is 1. The topological polar surface area (TPSA) is 37.3 Å². The Morgan fingerprint density at radius 1 is 0.920 bits per heavy atom. The molecular formula is C23H38O2. The van der Waals surface area contributed by atoms with Gasteiger partial charge in [0.25, 0.3) is 0 Å². The van der Waals surface area contributed by atoms with Crippen LogP contribution in [0.15, 0.2) is 0 Å². The third kappa shape index (κ3) is 2.73. The fourth-order valence-electron chi connectivity index (χ4n) is 7.69. The van der Waals surface area contributed by atoms with Gasteiger partial charge in [0.05, 0.1) is 5.60 Å². The van der Waals surface area contributed by atoms with E-state index < -0.39 is 5.60 Å². The Labute approximate surface area is 154 Å². The number of ketones is 1. The van der Waals surface area contributed by atoms with Crippen LogP contribution < -0.4 is 0 Å². The van der Waals surface area contributed by atoms with Crippen molar-refractivity contribution in [1.82, 2.24) is 0 Å². The Morgan fingerprint density at radius 3 is 2.40 bits per heavy atom. The highest BCUT2D eigenvalue weighted by atomic mass is 16.3. The minimum absolute atomic E-state index is 0.0119. The van der Waals surface area contributed by atoms with Crippen molar-refractivity contribution in [3.05, 3.63) is 0 Å². The molecule has 4 fully saturated rings. The van der Waals surface area contributed by atoms with Crippen molar-refractivity contribution in [1.29, 1.82) is 0 Å². The van der Waals surface area contributed by atoms with E-state index in [0.717, 1.165) is 56.3 Å². The smallest absolute Gasteiger partial charge is 0.139 e. The average Bonchev–Trinajstić information content (AvgIpc) is 2.73. The largest absolute Gasteiger partial charge is 0.390 e. The molecular weight excluding hydrogens is 308 g/mol. The van der Waals surface area contributed by atoms with Gasteiger partial charge >= 0.3 is 0 Å². The molecule has 4 rings (SSSR count). The zero-order chi connectivity index (χ0) is 17.9. The highest BCUT2D eigenvalue weighted by Gasteiger charge is 2.57. The Kier molecular flexibility index (Phi) is 4.38. The van der Waals surface area contributed by atoms with Crippen LogP contribution in [-0.4, -0.2) is 16.5 Å². The van der Waals surface area contributed by atoms with E-state index in [1.807, 2.05) is 0 Å². The molecule has 0 heterocycles. The fourth-order valence-corrected chi connectivity index (χ4v) is 7.69. The standard InChI is InChI=1S/C23H38O2/c1-4-23(25)13-10-18-16-9-12-22(3)19(6-5-7-20(22)24)17(16)8-11-21(18,2)14-15-23/h16-19,25H,4-15H2,1-3H3/t16?,17-,18-,19?,21-,22+,23?/m1/s1. The lowest BCUT2D eigenvalue weighted by Crippen LogP contribution is -2.53. The molecule has 0 radical (unpaired) electrons. The first-order chi connectivity index (χ1) is 11.8. The molecule has 0 aromatic carbocycles. The van der Waals surface area contributed by atoms with E-state index in [1.54, 1.807) is 0 Å². The maximum absolute atomic E-state index is 12.7. The molecule has 2 heteroatoms. The summed E-state index contributed by atoms with van der Waals surface area (Å²) in [6, 6.07) is 0. The first-order valence-electron chi connectivity index (χ1n) is 11.1. The highest BCUT2D eigenvalue weighted by molar-refractivity contribution is 5.85. The zero-order valence-electron chi connectivity index (χ0n) is 16.7. The van der Waals surface area contributed by atoms with E-state index in [-0.39, 0.29) is 5.41 Å². The molecule has 25 heavy (non-hydrogen) atoms. The van der Waals surface area contributed by atoms with E-state index >= 15 is 0 Å². The second kappa shape index (κ2) is 6.08. The number of rotatable bonds is 1. The quantitative estimate of drug-likeness (QED) is 0.679. The summed E-state index contributed by atoms with van der Waals surface area (Å²) in [7, 11) is 0. The fraction of sp³-hybridized carbons (Fsp3) is 0.957. The Balaban J connectivity index is 1.60. The van der Waals surface area contributed by atoms with Crippen molar-refractivity contribution >= 4 is 5.78 Å². The number of carbonyl (C=O) groups excluding carboxylic acids is 1. The molecule has 4 aliphatic rings. The zero-order valence-corrected chi connectivity index (χ0v) is 16.7. The molecule has 2 nitrogen and oxygen atoms in total. The molecule has 3 unspecified atom stereocenters. The predicted molar refractivity (Wildman–Crippen MR) is 101 cm³/mol. The van der Waals surface area contributed by atoms with E-state index in [0.29, 0.717) is 17.1 Å². The van der Waals surface area contributed by atoms with E-state index in [4.69, 9.17) is 0 Å². The minimum Gasteiger partial charge on any atom is -0.390 e. The SMILES string of the molecule is CCC1(O)CC[C@@H]2C3CC[C@]4(C)C(=O)CCCC4[C@@H]3CC[C@]2(C)CC1. The molecule has 1 N–H and O–H groups in total. The molecule has 4 aliphatic carbocycles. The lowest BCUT2D eigenvalue weighted by molar-refractivity contribution is -0.149. The molecule has 0 bridgehead atoms. The maximum Gasteiger partial charge on any atom is 0.139 e. The highest BCUT2D eigenvalue weighted by Crippen LogP contribution is 2.63. The van der Waals surface area contributed by atoms with Gasteiger partial charge < -0.3 is 5.11 Å². The second-order valence-corrected chi connectivity index (χ2v) is 10.6. The summed E-state index contributed by atoms with van der Waals surface area (Å²) in [5, 5.41) is 10.9. The van der Waals surface area contributed by atoms with Crippen molar-refractivity contribution in [2.45, 2.75) is 103 Å². The molecule has 0 aromatic heterocycles. The van der Waals surface area contributed by atoms with Gasteiger partial charge in [-0.1, -0.05) is 20.8 Å². The van der Waals surface area contributed by atoms with E-state index in [9.17, 15) is 9.90 Å². The Morgan fingerprint density at radius 2 is 1.64 bits per heavy atom. The minimum atomic E-state index is -0.417. The van der Waals surface area contributed by atoms with Gasteiger partial charge in [-0.15, -0.1) is 0 Å². The summed E-state index contributed by atoms with van der Waals surface area (Å²) < 4.78 is 0. The third-order valence-corrected chi connectivity index (χ3v) is 9.64. The van der Waals surface area contributed by atoms with Crippen molar-refractivity contribution in [2.75, 3.05) is 0 Å². The average molecular weight is 347 g/mol. The van der Waals surface area contributed by atoms with Gasteiger partial charge in [-0.25, -0.2) is 0 Å². The molecule has 0 spiro atoms. The molecule has 142 valence electrons. The van der Waals surface area contributed by atoms with Gasteiger partial charge in [0.15, 0.2) is 0 Å². The van der Waals surface area contributed by atoms with E-state index in [2.05, 4.69) is 20.8 Å². The van der Waals surface area contributed by atoms with E-state index in [1.165, 1.54) is 38.5 Å². The molecule has 0 saturated heterocycles. The Hall–Kier alpha value is -0.370. The van der Waals surface area contributed by atoms with Crippen LogP contribution in [0.25, 0.3) is 0 Å². The lowest BCUT2D eigenvalue weighted by atomic mass is 9.45. The number of carbonyl (C=O) groups is 1. The van der Waals surface area contributed by atoms with Crippen LogP contribution in [0, 0.1) is 34.5 Å². The third-order valence-electron chi connectivity index (χ3n) is 9.64. The van der Waals surface area contributed by atoms with Gasteiger partial charge in [0.1, 0.15) is 5.78 Å².